The highest BCUT2D eigenvalue weighted by molar-refractivity contribution is 5.45. The predicted molar refractivity (Wildman–Crippen MR) is 61.4 cm³/mol. The van der Waals surface area contributed by atoms with Gasteiger partial charge in [-0.2, -0.15) is 0 Å². The molecule has 0 spiro atoms. The lowest BCUT2D eigenvalue weighted by Gasteiger charge is -2.28. The van der Waals surface area contributed by atoms with Gasteiger partial charge in [0, 0.05) is 6.04 Å². The summed E-state index contributed by atoms with van der Waals surface area (Å²) < 4.78 is 13.4. The van der Waals surface area contributed by atoms with Crippen molar-refractivity contribution in [2.75, 3.05) is 5.32 Å². The lowest BCUT2D eigenvalue weighted by atomic mass is 9.87. The van der Waals surface area contributed by atoms with Crippen molar-refractivity contribution in [3.8, 4) is 0 Å². The number of halogens is 1. The normalized spacial score (nSPS) is 26.3. The van der Waals surface area contributed by atoms with E-state index < -0.39 is 0 Å². The summed E-state index contributed by atoms with van der Waals surface area (Å²) in [5.41, 5.74) is 0.650. The number of benzene rings is 1. The molecule has 0 saturated heterocycles. The number of nitrogens with one attached hydrogen (secondary N) is 1. The molecule has 15 heavy (non-hydrogen) atoms. The lowest BCUT2D eigenvalue weighted by molar-refractivity contribution is 0.358. The van der Waals surface area contributed by atoms with E-state index in [1.165, 1.54) is 25.3 Å². The second kappa shape index (κ2) is 4.65. The van der Waals surface area contributed by atoms with Crippen LogP contribution in [0.5, 0.6) is 0 Å². The Hall–Kier alpha value is -1.05. The van der Waals surface area contributed by atoms with Crippen LogP contribution in [0.2, 0.25) is 0 Å². The van der Waals surface area contributed by atoms with Crippen LogP contribution >= 0.6 is 0 Å². The number of para-hydroxylation sites is 1. The highest BCUT2D eigenvalue weighted by Gasteiger charge is 2.19. The molecule has 2 heteroatoms. The van der Waals surface area contributed by atoms with Gasteiger partial charge in [-0.1, -0.05) is 31.9 Å². The molecule has 0 aliphatic heterocycles. The van der Waals surface area contributed by atoms with E-state index in [1.807, 2.05) is 12.1 Å². The van der Waals surface area contributed by atoms with E-state index in [0.717, 1.165) is 12.3 Å². The van der Waals surface area contributed by atoms with Crippen LogP contribution in [0.3, 0.4) is 0 Å². The Balaban J connectivity index is 1.99. The first kappa shape index (κ1) is 10.5. The molecule has 0 heterocycles. The van der Waals surface area contributed by atoms with Crippen molar-refractivity contribution in [3.05, 3.63) is 30.1 Å². The van der Waals surface area contributed by atoms with Gasteiger partial charge in [0.2, 0.25) is 0 Å². The van der Waals surface area contributed by atoms with E-state index in [2.05, 4.69) is 12.2 Å². The SMILES string of the molecule is CC1CCCC(Nc2ccccc2F)C1. The average molecular weight is 207 g/mol. The van der Waals surface area contributed by atoms with Crippen LogP contribution in [-0.4, -0.2) is 6.04 Å². The van der Waals surface area contributed by atoms with Crippen LogP contribution in [0.25, 0.3) is 0 Å². The Morgan fingerprint density at radius 2 is 2.07 bits per heavy atom. The summed E-state index contributed by atoms with van der Waals surface area (Å²) in [6.45, 7) is 2.27. The third-order valence-electron chi connectivity index (χ3n) is 3.17. The summed E-state index contributed by atoms with van der Waals surface area (Å²) >= 11 is 0. The largest absolute Gasteiger partial charge is 0.380 e. The van der Waals surface area contributed by atoms with Crippen LogP contribution in [0.4, 0.5) is 10.1 Å². The minimum atomic E-state index is -0.143. The fourth-order valence-corrected chi connectivity index (χ4v) is 2.36. The topological polar surface area (TPSA) is 12.0 Å². The molecule has 1 aliphatic carbocycles. The fraction of sp³-hybridized carbons (Fsp3) is 0.538. The Labute approximate surface area is 90.7 Å². The molecular formula is C13H18FN. The molecule has 0 bridgehead atoms. The van der Waals surface area contributed by atoms with E-state index >= 15 is 0 Å². The molecule has 82 valence electrons. The van der Waals surface area contributed by atoms with Gasteiger partial charge in [0.1, 0.15) is 5.82 Å². The first-order chi connectivity index (χ1) is 7.25. The molecule has 2 unspecified atom stereocenters. The fourth-order valence-electron chi connectivity index (χ4n) is 2.36. The predicted octanol–water partition coefficient (Wildman–Crippen LogP) is 3.82. The van der Waals surface area contributed by atoms with Gasteiger partial charge in [-0.3, -0.25) is 0 Å². The van der Waals surface area contributed by atoms with Crippen molar-refractivity contribution >= 4 is 5.69 Å². The van der Waals surface area contributed by atoms with Crippen LogP contribution in [0.1, 0.15) is 32.6 Å². The molecule has 1 aromatic carbocycles. The number of anilines is 1. The van der Waals surface area contributed by atoms with Crippen LogP contribution < -0.4 is 5.32 Å². The maximum Gasteiger partial charge on any atom is 0.146 e. The van der Waals surface area contributed by atoms with Crippen molar-refractivity contribution in [3.63, 3.8) is 0 Å². The number of hydrogen-bond acceptors (Lipinski definition) is 1. The molecule has 0 amide bonds. The Morgan fingerprint density at radius 3 is 2.80 bits per heavy atom. The monoisotopic (exact) mass is 207 g/mol. The van der Waals surface area contributed by atoms with Crippen molar-refractivity contribution in [2.24, 2.45) is 5.92 Å². The van der Waals surface area contributed by atoms with Crippen LogP contribution in [0.15, 0.2) is 24.3 Å². The minimum absolute atomic E-state index is 0.143. The maximum absolute atomic E-state index is 13.4. The molecule has 1 N–H and O–H groups in total. The van der Waals surface area contributed by atoms with Crippen molar-refractivity contribution in [2.45, 2.75) is 38.6 Å². The van der Waals surface area contributed by atoms with Gasteiger partial charge < -0.3 is 5.32 Å². The van der Waals surface area contributed by atoms with Crippen LogP contribution in [0, 0.1) is 11.7 Å². The van der Waals surface area contributed by atoms with Gasteiger partial charge in [-0.15, -0.1) is 0 Å². The first-order valence-electron chi connectivity index (χ1n) is 5.77. The molecular weight excluding hydrogens is 189 g/mol. The van der Waals surface area contributed by atoms with E-state index in [4.69, 9.17) is 0 Å². The van der Waals surface area contributed by atoms with E-state index in [9.17, 15) is 4.39 Å². The molecule has 1 aromatic rings. The van der Waals surface area contributed by atoms with E-state index in [0.29, 0.717) is 11.7 Å². The number of rotatable bonds is 2. The van der Waals surface area contributed by atoms with Gasteiger partial charge in [0.25, 0.3) is 0 Å². The zero-order valence-electron chi connectivity index (χ0n) is 9.17. The highest BCUT2D eigenvalue weighted by Crippen LogP contribution is 2.26. The molecule has 0 aromatic heterocycles. The van der Waals surface area contributed by atoms with Gasteiger partial charge in [0.05, 0.1) is 5.69 Å². The van der Waals surface area contributed by atoms with E-state index in [1.54, 1.807) is 6.07 Å². The minimum Gasteiger partial charge on any atom is -0.380 e. The third-order valence-corrected chi connectivity index (χ3v) is 3.17. The Bertz CT molecular complexity index is 324. The summed E-state index contributed by atoms with van der Waals surface area (Å²) in [7, 11) is 0. The third kappa shape index (κ3) is 2.71. The quantitative estimate of drug-likeness (QED) is 0.777. The van der Waals surface area contributed by atoms with E-state index in [-0.39, 0.29) is 5.82 Å². The average Bonchev–Trinajstić information content (AvgIpc) is 2.22. The summed E-state index contributed by atoms with van der Waals surface area (Å²) in [6.07, 6.45) is 4.90. The molecule has 1 fully saturated rings. The molecule has 0 radical (unpaired) electrons. The molecule has 2 atom stereocenters. The van der Waals surface area contributed by atoms with Crippen molar-refractivity contribution in [1.29, 1.82) is 0 Å². The summed E-state index contributed by atoms with van der Waals surface area (Å²) in [4.78, 5) is 0. The smallest absolute Gasteiger partial charge is 0.146 e. The standard InChI is InChI=1S/C13H18FN/c1-10-5-4-6-11(9-10)15-13-8-3-2-7-12(13)14/h2-3,7-8,10-11,15H,4-6,9H2,1H3. The van der Waals surface area contributed by atoms with Gasteiger partial charge in [0.15, 0.2) is 0 Å². The summed E-state index contributed by atoms with van der Waals surface area (Å²) in [6, 6.07) is 7.37. The van der Waals surface area contributed by atoms with Gasteiger partial charge in [-0.25, -0.2) is 4.39 Å². The molecule has 1 aliphatic rings. The zero-order chi connectivity index (χ0) is 10.7. The van der Waals surface area contributed by atoms with Gasteiger partial charge in [-0.05, 0) is 30.9 Å². The molecule has 2 rings (SSSR count). The highest BCUT2D eigenvalue weighted by atomic mass is 19.1. The second-order valence-corrected chi connectivity index (χ2v) is 4.59. The van der Waals surface area contributed by atoms with Crippen LogP contribution in [-0.2, 0) is 0 Å². The second-order valence-electron chi connectivity index (χ2n) is 4.59. The summed E-state index contributed by atoms with van der Waals surface area (Å²) in [5.74, 6) is 0.624. The van der Waals surface area contributed by atoms with Crippen molar-refractivity contribution in [1.82, 2.24) is 0 Å². The molecule has 1 nitrogen and oxygen atoms in total. The Kier molecular flexibility index (Phi) is 3.24. The summed E-state index contributed by atoms with van der Waals surface area (Å²) in [5, 5.41) is 3.30. The first-order valence-corrected chi connectivity index (χ1v) is 5.77. The Morgan fingerprint density at radius 1 is 1.27 bits per heavy atom. The lowest BCUT2D eigenvalue weighted by Crippen LogP contribution is -2.26. The zero-order valence-corrected chi connectivity index (χ0v) is 9.17. The molecule has 1 saturated carbocycles. The van der Waals surface area contributed by atoms with Crippen molar-refractivity contribution < 1.29 is 4.39 Å². The number of hydrogen-bond donors (Lipinski definition) is 1. The van der Waals surface area contributed by atoms with Gasteiger partial charge >= 0.3 is 0 Å². The maximum atomic E-state index is 13.4.